The van der Waals surface area contributed by atoms with Crippen LogP contribution in [0.15, 0.2) is 65.8 Å². The van der Waals surface area contributed by atoms with E-state index in [1.165, 1.54) is 47.9 Å². The van der Waals surface area contributed by atoms with Gasteiger partial charge in [0.15, 0.2) is 5.13 Å². The predicted molar refractivity (Wildman–Crippen MR) is 111 cm³/mol. The SMILES string of the molecule is O=C(Nc1nccs1)/C(=C/c1cccc([N+](=O)[O-])c1)NC(=O)c1ccccc1Cl. The van der Waals surface area contributed by atoms with Crippen LogP contribution in [0, 0.1) is 10.1 Å². The van der Waals surface area contributed by atoms with Crippen LogP contribution < -0.4 is 10.6 Å². The van der Waals surface area contributed by atoms with Gasteiger partial charge in [-0.1, -0.05) is 35.9 Å². The molecule has 0 aliphatic heterocycles. The minimum absolute atomic E-state index is 0.120. The van der Waals surface area contributed by atoms with Crippen LogP contribution in [0.25, 0.3) is 6.08 Å². The molecule has 0 aliphatic carbocycles. The van der Waals surface area contributed by atoms with Crippen molar-refractivity contribution in [2.75, 3.05) is 5.32 Å². The first-order valence-corrected chi connectivity index (χ1v) is 9.42. The summed E-state index contributed by atoms with van der Waals surface area (Å²) in [5.74, 6) is -1.23. The lowest BCUT2D eigenvalue weighted by atomic mass is 10.1. The van der Waals surface area contributed by atoms with E-state index in [0.29, 0.717) is 10.7 Å². The monoisotopic (exact) mass is 428 g/mol. The Balaban J connectivity index is 1.94. The summed E-state index contributed by atoms with van der Waals surface area (Å²) in [7, 11) is 0. The lowest BCUT2D eigenvalue weighted by Crippen LogP contribution is -2.30. The number of nitrogens with one attached hydrogen (secondary N) is 2. The van der Waals surface area contributed by atoms with Gasteiger partial charge in [0.05, 0.1) is 15.5 Å². The van der Waals surface area contributed by atoms with E-state index in [1.807, 2.05) is 0 Å². The summed E-state index contributed by atoms with van der Waals surface area (Å²) in [6, 6.07) is 12.1. The molecule has 0 saturated carbocycles. The molecule has 2 N–H and O–H groups in total. The number of carbonyl (C=O) groups excluding carboxylic acids is 2. The summed E-state index contributed by atoms with van der Waals surface area (Å²) in [4.78, 5) is 39.7. The Morgan fingerprint density at radius 1 is 1.17 bits per heavy atom. The van der Waals surface area contributed by atoms with Crippen LogP contribution >= 0.6 is 22.9 Å². The van der Waals surface area contributed by atoms with E-state index in [4.69, 9.17) is 11.6 Å². The largest absolute Gasteiger partial charge is 0.317 e. The van der Waals surface area contributed by atoms with Crippen LogP contribution in [-0.2, 0) is 4.79 Å². The van der Waals surface area contributed by atoms with Crippen molar-refractivity contribution >= 4 is 51.6 Å². The third kappa shape index (κ3) is 5.24. The molecule has 0 spiro atoms. The van der Waals surface area contributed by atoms with Crippen LogP contribution in [-0.4, -0.2) is 21.7 Å². The molecule has 0 bridgehead atoms. The number of nitrogens with zero attached hydrogens (tertiary/aromatic N) is 2. The molecule has 146 valence electrons. The molecule has 3 rings (SSSR count). The number of hydrogen-bond acceptors (Lipinski definition) is 6. The molecule has 2 aromatic carbocycles. The lowest BCUT2D eigenvalue weighted by molar-refractivity contribution is -0.384. The van der Waals surface area contributed by atoms with Gasteiger partial charge in [0.1, 0.15) is 5.70 Å². The number of amides is 2. The molecule has 1 aromatic heterocycles. The summed E-state index contributed by atoms with van der Waals surface area (Å²) >= 11 is 7.25. The van der Waals surface area contributed by atoms with Crippen LogP contribution in [0.2, 0.25) is 5.02 Å². The second kappa shape index (κ2) is 9.09. The second-order valence-electron chi connectivity index (χ2n) is 5.64. The molecule has 0 radical (unpaired) electrons. The van der Waals surface area contributed by atoms with E-state index in [0.717, 1.165) is 0 Å². The maximum Gasteiger partial charge on any atom is 0.273 e. The fourth-order valence-corrected chi connectivity index (χ4v) is 3.08. The molecule has 0 aliphatic rings. The topological polar surface area (TPSA) is 114 Å². The van der Waals surface area contributed by atoms with Gasteiger partial charge in [0, 0.05) is 23.7 Å². The number of aromatic nitrogens is 1. The van der Waals surface area contributed by atoms with Gasteiger partial charge in [-0.25, -0.2) is 4.98 Å². The maximum atomic E-state index is 12.7. The van der Waals surface area contributed by atoms with Gasteiger partial charge in [-0.2, -0.15) is 0 Å². The Kier molecular flexibility index (Phi) is 6.32. The smallest absolute Gasteiger partial charge is 0.273 e. The van der Waals surface area contributed by atoms with Crippen molar-refractivity contribution in [3.8, 4) is 0 Å². The van der Waals surface area contributed by atoms with Gasteiger partial charge in [-0.15, -0.1) is 11.3 Å². The molecule has 2 amide bonds. The van der Waals surface area contributed by atoms with E-state index in [-0.39, 0.29) is 22.0 Å². The number of rotatable bonds is 6. The van der Waals surface area contributed by atoms with Gasteiger partial charge in [-0.3, -0.25) is 25.0 Å². The highest BCUT2D eigenvalue weighted by atomic mass is 35.5. The number of halogens is 1. The summed E-state index contributed by atoms with van der Waals surface area (Å²) in [5.41, 5.74) is 0.283. The Labute approximate surface area is 174 Å². The van der Waals surface area contributed by atoms with Crippen LogP contribution in [0.3, 0.4) is 0 Å². The number of anilines is 1. The number of non-ortho nitro benzene ring substituents is 1. The van der Waals surface area contributed by atoms with E-state index in [2.05, 4.69) is 15.6 Å². The zero-order valence-electron chi connectivity index (χ0n) is 14.7. The summed E-state index contributed by atoms with van der Waals surface area (Å²) < 4.78 is 0. The molecule has 29 heavy (non-hydrogen) atoms. The van der Waals surface area contributed by atoms with E-state index in [9.17, 15) is 19.7 Å². The minimum Gasteiger partial charge on any atom is -0.317 e. The quantitative estimate of drug-likeness (QED) is 0.348. The lowest BCUT2D eigenvalue weighted by Gasteiger charge is -2.11. The first kappa shape index (κ1) is 20.2. The number of thiazole rings is 1. The molecular formula is C19H13ClN4O4S. The van der Waals surface area contributed by atoms with Gasteiger partial charge in [0.25, 0.3) is 17.5 Å². The fourth-order valence-electron chi connectivity index (χ4n) is 2.34. The summed E-state index contributed by atoms with van der Waals surface area (Å²) in [6.07, 6.45) is 2.86. The fraction of sp³-hybridized carbons (Fsp3) is 0. The Morgan fingerprint density at radius 3 is 2.66 bits per heavy atom. The number of hydrogen-bond donors (Lipinski definition) is 2. The highest BCUT2D eigenvalue weighted by molar-refractivity contribution is 7.13. The number of nitro benzene ring substituents is 1. The average Bonchev–Trinajstić information content (AvgIpc) is 3.21. The van der Waals surface area contributed by atoms with Gasteiger partial charge < -0.3 is 5.32 Å². The number of benzene rings is 2. The Morgan fingerprint density at radius 2 is 1.97 bits per heavy atom. The van der Waals surface area contributed by atoms with E-state index in [1.54, 1.807) is 29.6 Å². The van der Waals surface area contributed by atoms with Gasteiger partial charge >= 0.3 is 0 Å². The molecular weight excluding hydrogens is 416 g/mol. The van der Waals surface area contributed by atoms with Crippen molar-refractivity contribution in [2.24, 2.45) is 0 Å². The molecule has 10 heteroatoms. The first-order chi connectivity index (χ1) is 13.9. The van der Waals surface area contributed by atoms with Crippen molar-refractivity contribution in [1.82, 2.24) is 10.3 Å². The Hall–Kier alpha value is -3.56. The molecule has 1 heterocycles. The first-order valence-electron chi connectivity index (χ1n) is 8.17. The van der Waals surface area contributed by atoms with E-state index < -0.39 is 16.7 Å². The molecule has 8 nitrogen and oxygen atoms in total. The maximum absolute atomic E-state index is 12.7. The standard InChI is InChI=1S/C19H13ClN4O4S/c20-15-7-2-1-6-14(15)17(25)22-16(18(26)23-19-21-8-9-29-19)11-12-4-3-5-13(10-12)24(27)28/h1-11H,(H,22,25)(H,21,23,26)/b16-11-. The Bertz CT molecular complexity index is 1100. The van der Waals surface area contributed by atoms with Crippen molar-refractivity contribution < 1.29 is 14.5 Å². The normalized spacial score (nSPS) is 11.0. The third-order valence-corrected chi connectivity index (χ3v) is 4.67. The van der Waals surface area contributed by atoms with Gasteiger partial charge in [0.2, 0.25) is 0 Å². The summed E-state index contributed by atoms with van der Waals surface area (Å²) in [6.45, 7) is 0. The highest BCUT2D eigenvalue weighted by Gasteiger charge is 2.18. The average molecular weight is 429 g/mol. The highest BCUT2D eigenvalue weighted by Crippen LogP contribution is 2.19. The minimum atomic E-state index is -0.633. The molecule has 0 saturated heterocycles. The van der Waals surface area contributed by atoms with Crippen molar-refractivity contribution in [3.05, 3.63) is 92.1 Å². The summed E-state index contributed by atoms with van der Waals surface area (Å²) in [5, 5.41) is 18.3. The zero-order valence-corrected chi connectivity index (χ0v) is 16.2. The van der Waals surface area contributed by atoms with Crippen molar-refractivity contribution in [3.63, 3.8) is 0 Å². The predicted octanol–water partition coefficient (Wildman–Crippen LogP) is 4.11. The second-order valence-corrected chi connectivity index (χ2v) is 6.94. The third-order valence-electron chi connectivity index (χ3n) is 3.66. The molecule has 3 aromatic rings. The van der Waals surface area contributed by atoms with Crippen LogP contribution in [0.1, 0.15) is 15.9 Å². The van der Waals surface area contributed by atoms with Crippen molar-refractivity contribution in [2.45, 2.75) is 0 Å². The van der Waals surface area contributed by atoms with Gasteiger partial charge in [-0.05, 0) is 23.8 Å². The molecule has 0 fully saturated rings. The van der Waals surface area contributed by atoms with E-state index >= 15 is 0 Å². The van der Waals surface area contributed by atoms with Crippen LogP contribution in [0.4, 0.5) is 10.8 Å². The zero-order chi connectivity index (χ0) is 20.8. The molecule has 0 atom stereocenters. The van der Waals surface area contributed by atoms with Crippen molar-refractivity contribution in [1.29, 1.82) is 0 Å². The molecule has 0 unspecified atom stereocenters. The number of nitro groups is 1. The number of carbonyl (C=O) groups is 2. The van der Waals surface area contributed by atoms with Crippen LogP contribution in [0.5, 0.6) is 0 Å².